The summed E-state index contributed by atoms with van der Waals surface area (Å²) in [6.45, 7) is 8.30. The molecule has 0 aromatic heterocycles. The number of rotatable bonds is 2. The smallest absolute Gasteiger partial charge is 0.334 e. The molecule has 80 valence electrons. The molecule has 4 heteroatoms. The predicted octanol–water partition coefficient (Wildman–Crippen LogP) is 0.706. The van der Waals surface area contributed by atoms with Gasteiger partial charge in [-0.2, -0.15) is 0 Å². The van der Waals surface area contributed by atoms with Gasteiger partial charge >= 0.3 is 5.97 Å². The number of carbonyl (C=O) groups is 1. The molecule has 0 aliphatic carbocycles. The SMILES string of the molecule is CC(C)O.CC(C)OC(=O)C(C)O. The van der Waals surface area contributed by atoms with Crippen LogP contribution < -0.4 is 0 Å². The first kappa shape index (κ1) is 14.9. The Kier molecular flexibility index (Phi) is 9.17. The van der Waals surface area contributed by atoms with Gasteiger partial charge in [-0.15, -0.1) is 0 Å². The third-order valence-electron chi connectivity index (χ3n) is 0.693. The van der Waals surface area contributed by atoms with Crippen molar-refractivity contribution in [1.82, 2.24) is 0 Å². The molecule has 0 bridgehead atoms. The van der Waals surface area contributed by atoms with Crippen LogP contribution in [0, 0.1) is 0 Å². The van der Waals surface area contributed by atoms with Crippen LogP contribution >= 0.6 is 0 Å². The molecule has 1 atom stereocenters. The van der Waals surface area contributed by atoms with E-state index in [1.807, 2.05) is 0 Å². The lowest BCUT2D eigenvalue weighted by molar-refractivity contribution is -0.156. The highest BCUT2D eigenvalue weighted by Gasteiger charge is 2.10. The normalized spacial score (nSPS) is 12.1. The van der Waals surface area contributed by atoms with Crippen LogP contribution in [-0.2, 0) is 9.53 Å². The van der Waals surface area contributed by atoms with E-state index in [0.717, 1.165) is 0 Å². The summed E-state index contributed by atoms with van der Waals surface area (Å²) < 4.78 is 4.62. The second-order valence-electron chi connectivity index (χ2n) is 3.26. The fourth-order valence-electron chi connectivity index (χ4n) is 0.331. The fourth-order valence-corrected chi connectivity index (χ4v) is 0.331. The third kappa shape index (κ3) is 18.4. The third-order valence-corrected chi connectivity index (χ3v) is 0.693. The molecule has 0 aromatic rings. The number of aliphatic hydroxyl groups is 2. The molecule has 0 saturated carbocycles. The summed E-state index contributed by atoms with van der Waals surface area (Å²) in [7, 11) is 0. The van der Waals surface area contributed by atoms with E-state index in [2.05, 4.69) is 4.74 Å². The van der Waals surface area contributed by atoms with Crippen molar-refractivity contribution < 1.29 is 19.7 Å². The molecule has 13 heavy (non-hydrogen) atoms. The van der Waals surface area contributed by atoms with E-state index in [0.29, 0.717) is 0 Å². The van der Waals surface area contributed by atoms with Gasteiger partial charge in [0, 0.05) is 6.10 Å². The molecule has 0 spiro atoms. The second-order valence-corrected chi connectivity index (χ2v) is 3.26. The molecular weight excluding hydrogens is 172 g/mol. The van der Waals surface area contributed by atoms with Crippen molar-refractivity contribution >= 4 is 5.97 Å². The Labute approximate surface area is 79.5 Å². The van der Waals surface area contributed by atoms with Crippen LogP contribution in [-0.4, -0.2) is 34.5 Å². The Morgan fingerprint density at radius 2 is 1.38 bits per heavy atom. The number of ether oxygens (including phenoxy) is 1. The predicted molar refractivity (Wildman–Crippen MR) is 50.3 cm³/mol. The van der Waals surface area contributed by atoms with Gasteiger partial charge in [0.1, 0.15) is 6.10 Å². The lowest BCUT2D eigenvalue weighted by Gasteiger charge is -2.08. The molecule has 0 aliphatic rings. The van der Waals surface area contributed by atoms with E-state index in [4.69, 9.17) is 10.2 Å². The Bertz CT molecular complexity index is 127. The minimum absolute atomic E-state index is 0.146. The van der Waals surface area contributed by atoms with E-state index in [-0.39, 0.29) is 12.2 Å². The monoisotopic (exact) mass is 192 g/mol. The molecule has 0 saturated heterocycles. The van der Waals surface area contributed by atoms with Gasteiger partial charge in [-0.3, -0.25) is 0 Å². The zero-order chi connectivity index (χ0) is 11.0. The van der Waals surface area contributed by atoms with Crippen molar-refractivity contribution in [1.29, 1.82) is 0 Å². The van der Waals surface area contributed by atoms with Crippen LogP contribution in [0.2, 0.25) is 0 Å². The Balaban J connectivity index is 0. The van der Waals surface area contributed by atoms with Gasteiger partial charge in [-0.25, -0.2) is 4.79 Å². The van der Waals surface area contributed by atoms with E-state index in [9.17, 15) is 4.79 Å². The van der Waals surface area contributed by atoms with E-state index in [1.165, 1.54) is 6.92 Å². The van der Waals surface area contributed by atoms with Gasteiger partial charge in [0.15, 0.2) is 0 Å². The van der Waals surface area contributed by atoms with Gasteiger partial charge < -0.3 is 14.9 Å². The van der Waals surface area contributed by atoms with Crippen LogP contribution in [0.1, 0.15) is 34.6 Å². The second kappa shape index (κ2) is 8.01. The van der Waals surface area contributed by atoms with Gasteiger partial charge in [0.25, 0.3) is 0 Å². The molecule has 2 N–H and O–H groups in total. The van der Waals surface area contributed by atoms with Gasteiger partial charge in [-0.1, -0.05) is 0 Å². The maximum atomic E-state index is 10.5. The maximum Gasteiger partial charge on any atom is 0.334 e. The van der Waals surface area contributed by atoms with Crippen molar-refractivity contribution in [3.8, 4) is 0 Å². The minimum atomic E-state index is -1.01. The first-order chi connectivity index (χ1) is 5.77. The molecule has 1 unspecified atom stereocenters. The van der Waals surface area contributed by atoms with Crippen molar-refractivity contribution in [3.05, 3.63) is 0 Å². The van der Waals surface area contributed by atoms with Crippen LogP contribution in [0.4, 0.5) is 0 Å². The maximum absolute atomic E-state index is 10.5. The van der Waals surface area contributed by atoms with Crippen molar-refractivity contribution in [3.63, 3.8) is 0 Å². The lowest BCUT2D eigenvalue weighted by atomic mass is 10.4. The molecule has 0 radical (unpaired) electrons. The van der Waals surface area contributed by atoms with Crippen molar-refractivity contribution in [2.45, 2.75) is 52.9 Å². The quantitative estimate of drug-likeness (QED) is 0.632. The summed E-state index contributed by atoms with van der Waals surface area (Å²) in [5, 5.41) is 16.7. The standard InChI is InChI=1S/C6H12O3.C3H8O/c1-4(2)9-6(8)5(3)7;1-3(2)4/h4-5,7H,1-3H3;3-4H,1-2H3. The molecule has 4 nitrogen and oxygen atoms in total. The van der Waals surface area contributed by atoms with Crippen LogP contribution in [0.25, 0.3) is 0 Å². The molecule has 0 amide bonds. The molecule has 0 aliphatic heterocycles. The summed E-state index contributed by atoms with van der Waals surface area (Å²) in [5.74, 6) is -0.565. The molecule has 0 heterocycles. The first-order valence-electron chi connectivity index (χ1n) is 4.34. The zero-order valence-corrected chi connectivity index (χ0v) is 8.94. The summed E-state index contributed by atoms with van der Waals surface area (Å²) in [6, 6.07) is 0. The van der Waals surface area contributed by atoms with E-state index in [1.54, 1.807) is 27.7 Å². The zero-order valence-electron chi connectivity index (χ0n) is 8.94. The number of carbonyl (C=O) groups excluding carboxylic acids is 1. The summed E-state index contributed by atoms with van der Waals surface area (Å²) in [6.07, 6.45) is -1.32. The Morgan fingerprint density at radius 3 is 1.46 bits per heavy atom. The van der Waals surface area contributed by atoms with Crippen LogP contribution in [0.3, 0.4) is 0 Å². The molecule has 0 fully saturated rings. The average Bonchev–Trinajstić information content (AvgIpc) is 1.83. The largest absolute Gasteiger partial charge is 0.461 e. The molecular formula is C9H20O4. The van der Waals surface area contributed by atoms with E-state index < -0.39 is 12.1 Å². The number of aliphatic hydroxyl groups excluding tert-OH is 2. The summed E-state index contributed by atoms with van der Waals surface area (Å²) in [4.78, 5) is 10.5. The topological polar surface area (TPSA) is 66.8 Å². The average molecular weight is 192 g/mol. The van der Waals surface area contributed by atoms with Crippen LogP contribution in [0.5, 0.6) is 0 Å². The molecule has 0 aromatic carbocycles. The first-order valence-corrected chi connectivity index (χ1v) is 4.34. The Morgan fingerprint density at radius 1 is 1.08 bits per heavy atom. The van der Waals surface area contributed by atoms with Gasteiger partial charge in [0.2, 0.25) is 0 Å². The molecule has 0 rings (SSSR count). The van der Waals surface area contributed by atoms with Gasteiger partial charge in [0.05, 0.1) is 6.10 Å². The Hall–Kier alpha value is -0.610. The van der Waals surface area contributed by atoms with Gasteiger partial charge in [-0.05, 0) is 34.6 Å². The minimum Gasteiger partial charge on any atom is -0.461 e. The number of esters is 1. The summed E-state index contributed by atoms with van der Waals surface area (Å²) >= 11 is 0. The summed E-state index contributed by atoms with van der Waals surface area (Å²) in [5.41, 5.74) is 0. The van der Waals surface area contributed by atoms with E-state index >= 15 is 0 Å². The van der Waals surface area contributed by atoms with Crippen molar-refractivity contribution in [2.24, 2.45) is 0 Å². The van der Waals surface area contributed by atoms with Crippen molar-refractivity contribution in [2.75, 3.05) is 0 Å². The highest BCUT2D eigenvalue weighted by molar-refractivity contribution is 5.73. The lowest BCUT2D eigenvalue weighted by Crippen LogP contribution is -2.22. The number of hydrogen-bond donors (Lipinski definition) is 2. The fraction of sp³-hybridized carbons (Fsp3) is 0.889. The van der Waals surface area contributed by atoms with Crippen LogP contribution in [0.15, 0.2) is 0 Å². The highest BCUT2D eigenvalue weighted by atomic mass is 16.6. The highest BCUT2D eigenvalue weighted by Crippen LogP contribution is 1.92. The number of hydrogen-bond acceptors (Lipinski definition) is 4.